The molecule has 0 atom stereocenters. The smallest absolute Gasteiger partial charge is 0.332 e. The molecule has 2 aromatic rings. The molecule has 136 valence electrons. The summed E-state index contributed by atoms with van der Waals surface area (Å²) in [5, 5.41) is 4.09. The zero-order chi connectivity index (χ0) is 18.7. The number of nitrogens with one attached hydrogen (secondary N) is 1. The molecule has 0 radical (unpaired) electrons. The Morgan fingerprint density at radius 1 is 1.27 bits per heavy atom. The lowest BCUT2D eigenvalue weighted by Crippen LogP contribution is -2.30. The molecule has 3 N–H and O–H groups in total. The number of carbonyl (C=O) groups is 2. The summed E-state index contributed by atoms with van der Waals surface area (Å²) in [5.41, 5.74) is 10.4. The fourth-order valence-corrected chi connectivity index (χ4v) is 3.28. The quantitative estimate of drug-likeness (QED) is 0.825. The van der Waals surface area contributed by atoms with Gasteiger partial charge in [-0.3, -0.25) is 4.79 Å². The van der Waals surface area contributed by atoms with Crippen molar-refractivity contribution in [3.63, 3.8) is 0 Å². The first-order chi connectivity index (χ1) is 12.5. The summed E-state index contributed by atoms with van der Waals surface area (Å²) < 4.78 is 5.92. The number of fused-ring (bicyclic) bond motifs is 1. The highest BCUT2D eigenvalue weighted by Crippen LogP contribution is 2.31. The molecule has 1 aromatic carbocycles. The van der Waals surface area contributed by atoms with Gasteiger partial charge in [-0.25, -0.2) is 10.2 Å². The molecule has 7 heteroatoms. The van der Waals surface area contributed by atoms with E-state index in [2.05, 4.69) is 10.5 Å². The third-order valence-electron chi connectivity index (χ3n) is 4.45. The van der Waals surface area contributed by atoms with Gasteiger partial charge in [-0.15, -0.1) is 0 Å². The van der Waals surface area contributed by atoms with Crippen molar-refractivity contribution in [2.24, 2.45) is 10.8 Å². The average Bonchev–Trinajstić information content (AvgIpc) is 2.99. The zero-order valence-corrected chi connectivity index (χ0v) is 14.9. The van der Waals surface area contributed by atoms with Crippen LogP contribution in [0.4, 0.5) is 10.5 Å². The number of aryl methyl sites for hydroxylation is 1. The van der Waals surface area contributed by atoms with Gasteiger partial charge < -0.3 is 15.1 Å². The van der Waals surface area contributed by atoms with Crippen LogP contribution in [0.5, 0.6) is 0 Å². The minimum Gasteiger partial charge on any atom is -0.455 e. The first kappa shape index (κ1) is 17.7. The Bertz CT molecular complexity index is 855. The van der Waals surface area contributed by atoms with Crippen LogP contribution in [0.25, 0.3) is 0 Å². The lowest BCUT2D eigenvalue weighted by molar-refractivity contribution is 0.0959. The fourth-order valence-electron chi connectivity index (χ4n) is 3.28. The minimum atomic E-state index is -0.719. The van der Waals surface area contributed by atoms with E-state index in [0.717, 1.165) is 35.4 Å². The number of rotatable bonds is 4. The Labute approximate surface area is 151 Å². The molecule has 3 amide bonds. The van der Waals surface area contributed by atoms with E-state index in [0.29, 0.717) is 24.4 Å². The van der Waals surface area contributed by atoms with Gasteiger partial charge in [-0.1, -0.05) is 18.2 Å². The highest BCUT2D eigenvalue weighted by Gasteiger charge is 2.30. The summed E-state index contributed by atoms with van der Waals surface area (Å²) in [5.74, 6) is 0.855. The van der Waals surface area contributed by atoms with Gasteiger partial charge in [0.1, 0.15) is 5.76 Å². The van der Waals surface area contributed by atoms with Crippen molar-refractivity contribution in [3.05, 3.63) is 53.0 Å². The topological polar surface area (TPSA) is 101 Å². The second kappa shape index (κ2) is 7.43. The largest absolute Gasteiger partial charge is 0.455 e. The van der Waals surface area contributed by atoms with Crippen LogP contribution < -0.4 is 16.1 Å². The Morgan fingerprint density at radius 2 is 2.00 bits per heavy atom. The fraction of sp³-hybridized carbons (Fsp3) is 0.316. The molecule has 1 heterocycles. The number of primary amides is 1. The normalized spacial score (nSPS) is 14.8. The number of nitrogens with two attached hydrogens (primary N) is 1. The molecular formula is C19H22N4O3. The SMILES string of the molecule is CCN(C(=O)c1oc2c(c1C)/C(=N/NC(N)=O)CCC2)c1ccccc1. The van der Waals surface area contributed by atoms with Crippen LogP contribution in [0.3, 0.4) is 0 Å². The van der Waals surface area contributed by atoms with Gasteiger partial charge in [0.25, 0.3) is 5.91 Å². The molecule has 1 aliphatic rings. The highest BCUT2D eigenvalue weighted by atomic mass is 16.4. The maximum Gasteiger partial charge on any atom is 0.332 e. The molecular weight excluding hydrogens is 332 g/mol. The number of hydrogen-bond donors (Lipinski definition) is 2. The van der Waals surface area contributed by atoms with Crippen LogP contribution in [0, 0.1) is 6.92 Å². The molecule has 0 fully saturated rings. The number of benzene rings is 1. The molecule has 0 spiro atoms. The van der Waals surface area contributed by atoms with Crippen molar-refractivity contribution in [1.82, 2.24) is 5.43 Å². The number of para-hydroxylation sites is 1. The Balaban J connectivity index is 1.98. The molecule has 0 bridgehead atoms. The van der Waals surface area contributed by atoms with Gasteiger partial charge in [-0.2, -0.15) is 5.10 Å². The van der Waals surface area contributed by atoms with Crippen molar-refractivity contribution in [1.29, 1.82) is 0 Å². The van der Waals surface area contributed by atoms with Gasteiger partial charge >= 0.3 is 6.03 Å². The molecule has 3 rings (SSSR count). The zero-order valence-electron chi connectivity index (χ0n) is 14.9. The predicted octanol–water partition coefficient (Wildman–Crippen LogP) is 2.96. The molecule has 26 heavy (non-hydrogen) atoms. The first-order valence-corrected chi connectivity index (χ1v) is 8.64. The highest BCUT2D eigenvalue weighted by molar-refractivity contribution is 6.10. The van der Waals surface area contributed by atoms with Gasteiger partial charge in [-0.05, 0) is 38.8 Å². The number of furan rings is 1. The molecule has 0 saturated heterocycles. The Kier molecular flexibility index (Phi) is 5.06. The summed E-state index contributed by atoms with van der Waals surface area (Å²) in [4.78, 5) is 25.7. The van der Waals surface area contributed by atoms with Gasteiger partial charge in [0.05, 0.1) is 5.71 Å². The molecule has 1 aliphatic carbocycles. The summed E-state index contributed by atoms with van der Waals surface area (Å²) >= 11 is 0. The summed E-state index contributed by atoms with van der Waals surface area (Å²) in [6, 6.07) is 8.76. The van der Waals surface area contributed by atoms with Crippen LogP contribution in [-0.2, 0) is 6.42 Å². The van der Waals surface area contributed by atoms with Crippen LogP contribution in [0.1, 0.15) is 47.2 Å². The maximum atomic E-state index is 13.1. The molecule has 0 saturated carbocycles. The van der Waals surface area contributed by atoms with E-state index in [9.17, 15) is 9.59 Å². The molecule has 7 nitrogen and oxygen atoms in total. The monoisotopic (exact) mass is 354 g/mol. The van der Waals surface area contributed by atoms with Crippen molar-refractivity contribution in [3.8, 4) is 0 Å². The van der Waals surface area contributed by atoms with E-state index < -0.39 is 6.03 Å². The van der Waals surface area contributed by atoms with Crippen molar-refractivity contribution < 1.29 is 14.0 Å². The Hall–Kier alpha value is -3.09. The van der Waals surface area contributed by atoms with E-state index in [4.69, 9.17) is 10.2 Å². The number of nitrogens with zero attached hydrogens (tertiary/aromatic N) is 2. The first-order valence-electron chi connectivity index (χ1n) is 8.64. The standard InChI is InChI=1S/C19H22N4O3/c1-3-23(13-8-5-4-6-9-13)18(24)17-12(2)16-14(21-22-19(20)25)10-7-11-15(16)26-17/h4-6,8-9H,3,7,10-11H2,1-2H3,(H3,20,22,25)/b21-14+. The third-order valence-corrected chi connectivity index (χ3v) is 4.45. The average molecular weight is 354 g/mol. The van der Waals surface area contributed by atoms with Gasteiger partial charge in [0.2, 0.25) is 0 Å². The number of anilines is 1. The van der Waals surface area contributed by atoms with Crippen molar-refractivity contribution in [2.45, 2.75) is 33.1 Å². The van der Waals surface area contributed by atoms with E-state index in [-0.39, 0.29) is 5.91 Å². The van der Waals surface area contributed by atoms with Gasteiger partial charge in [0.15, 0.2) is 5.76 Å². The van der Waals surface area contributed by atoms with Crippen molar-refractivity contribution in [2.75, 3.05) is 11.4 Å². The molecule has 1 aromatic heterocycles. The molecule has 0 aliphatic heterocycles. The number of carbonyl (C=O) groups excluding carboxylic acids is 2. The lowest BCUT2D eigenvalue weighted by atomic mass is 9.93. The summed E-state index contributed by atoms with van der Waals surface area (Å²) in [6.45, 7) is 4.30. The summed E-state index contributed by atoms with van der Waals surface area (Å²) in [7, 11) is 0. The van der Waals surface area contributed by atoms with E-state index in [1.807, 2.05) is 44.2 Å². The van der Waals surface area contributed by atoms with Gasteiger partial charge in [0, 0.05) is 29.8 Å². The number of hydrazone groups is 1. The van der Waals surface area contributed by atoms with Crippen LogP contribution >= 0.6 is 0 Å². The maximum absolute atomic E-state index is 13.1. The number of amides is 3. The Morgan fingerprint density at radius 3 is 2.65 bits per heavy atom. The number of hydrogen-bond acceptors (Lipinski definition) is 4. The third kappa shape index (κ3) is 3.33. The summed E-state index contributed by atoms with van der Waals surface area (Å²) in [6.07, 6.45) is 2.26. The van der Waals surface area contributed by atoms with E-state index >= 15 is 0 Å². The second-order valence-corrected chi connectivity index (χ2v) is 6.13. The van der Waals surface area contributed by atoms with E-state index in [1.54, 1.807) is 4.90 Å². The van der Waals surface area contributed by atoms with Crippen LogP contribution in [0.15, 0.2) is 39.9 Å². The van der Waals surface area contributed by atoms with E-state index in [1.165, 1.54) is 0 Å². The predicted molar refractivity (Wildman–Crippen MR) is 99.4 cm³/mol. The lowest BCUT2D eigenvalue weighted by Gasteiger charge is -2.20. The molecule has 0 unspecified atom stereocenters. The number of urea groups is 1. The van der Waals surface area contributed by atoms with Crippen molar-refractivity contribution >= 4 is 23.3 Å². The minimum absolute atomic E-state index is 0.187. The second-order valence-electron chi connectivity index (χ2n) is 6.13. The van der Waals surface area contributed by atoms with Crippen LogP contribution in [-0.4, -0.2) is 24.2 Å². The van der Waals surface area contributed by atoms with Crippen LogP contribution in [0.2, 0.25) is 0 Å².